The number of rotatable bonds is 1. The fraction of sp³-hybridized carbons (Fsp3) is 0.938. The highest BCUT2D eigenvalue weighted by molar-refractivity contribution is 5.79. The molecule has 0 aromatic carbocycles. The van der Waals surface area contributed by atoms with E-state index in [9.17, 15) is 4.79 Å². The van der Waals surface area contributed by atoms with Gasteiger partial charge in [0.25, 0.3) is 0 Å². The second-order valence-electron chi connectivity index (χ2n) is 7.15. The van der Waals surface area contributed by atoms with Gasteiger partial charge >= 0.3 is 0 Å². The summed E-state index contributed by atoms with van der Waals surface area (Å²) >= 11 is 0. The predicted octanol–water partition coefficient (Wildman–Crippen LogP) is 2.51. The number of hydrogen-bond donors (Lipinski definition) is 0. The van der Waals surface area contributed by atoms with Gasteiger partial charge in [0.1, 0.15) is 0 Å². The lowest BCUT2D eigenvalue weighted by Gasteiger charge is -2.38. The van der Waals surface area contributed by atoms with E-state index in [1.807, 2.05) is 0 Å². The highest BCUT2D eigenvalue weighted by Crippen LogP contribution is 2.41. The number of carbonyl (C=O) groups excluding carboxylic acids is 1. The molecule has 0 N–H and O–H groups in total. The number of likely N-dealkylation sites (tertiary alicyclic amines) is 2. The minimum Gasteiger partial charge on any atom is -0.342 e. The van der Waals surface area contributed by atoms with Crippen molar-refractivity contribution in [2.45, 2.75) is 51.4 Å². The molecule has 1 aliphatic carbocycles. The maximum atomic E-state index is 12.6. The zero-order valence-electron chi connectivity index (χ0n) is 12.4. The lowest BCUT2D eigenvalue weighted by Crippen LogP contribution is -2.42. The Kier molecular flexibility index (Phi) is 3.84. The van der Waals surface area contributed by atoms with Gasteiger partial charge in [-0.15, -0.1) is 0 Å². The van der Waals surface area contributed by atoms with Crippen LogP contribution in [0, 0.1) is 11.3 Å². The van der Waals surface area contributed by atoms with E-state index < -0.39 is 0 Å². The molecule has 0 atom stereocenters. The molecule has 0 unspecified atom stereocenters. The van der Waals surface area contributed by atoms with Gasteiger partial charge in [0.2, 0.25) is 5.91 Å². The third-order valence-electron chi connectivity index (χ3n) is 5.75. The summed E-state index contributed by atoms with van der Waals surface area (Å²) in [5, 5.41) is 0. The van der Waals surface area contributed by atoms with Crippen molar-refractivity contribution in [3.05, 3.63) is 0 Å². The molecule has 0 bridgehead atoms. The van der Waals surface area contributed by atoms with E-state index in [2.05, 4.69) is 16.8 Å². The smallest absolute Gasteiger partial charge is 0.225 e. The predicted molar refractivity (Wildman–Crippen MR) is 76.9 cm³/mol. The number of hydrogen-bond acceptors (Lipinski definition) is 2. The molecule has 108 valence electrons. The summed E-state index contributed by atoms with van der Waals surface area (Å²) in [7, 11) is 2.22. The third kappa shape index (κ3) is 2.81. The summed E-state index contributed by atoms with van der Waals surface area (Å²) in [6.07, 6.45) is 9.98. The Labute approximate surface area is 117 Å². The SMILES string of the molecule is CN1CCC2(CC1)CCN(C(=O)C1CCCCC1)C2. The van der Waals surface area contributed by atoms with Crippen LogP contribution in [0.15, 0.2) is 0 Å². The van der Waals surface area contributed by atoms with Crippen molar-refractivity contribution in [1.29, 1.82) is 0 Å². The van der Waals surface area contributed by atoms with Crippen LogP contribution in [0.2, 0.25) is 0 Å². The fourth-order valence-electron chi connectivity index (χ4n) is 4.23. The minimum absolute atomic E-state index is 0.357. The average Bonchev–Trinajstić information content (AvgIpc) is 2.87. The van der Waals surface area contributed by atoms with Crippen LogP contribution >= 0.6 is 0 Å². The first-order valence-electron chi connectivity index (χ1n) is 8.16. The second-order valence-corrected chi connectivity index (χ2v) is 7.15. The van der Waals surface area contributed by atoms with E-state index in [0.717, 1.165) is 25.9 Å². The van der Waals surface area contributed by atoms with E-state index in [-0.39, 0.29) is 0 Å². The standard InChI is InChI=1S/C16H28N2O/c1-17-10-7-16(8-11-17)9-12-18(13-16)15(19)14-5-3-2-4-6-14/h14H,2-13H2,1H3. The summed E-state index contributed by atoms with van der Waals surface area (Å²) in [6, 6.07) is 0. The van der Waals surface area contributed by atoms with Gasteiger partial charge in [-0.05, 0) is 57.7 Å². The molecule has 1 spiro atoms. The average molecular weight is 264 g/mol. The van der Waals surface area contributed by atoms with Gasteiger partial charge in [0.15, 0.2) is 0 Å². The van der Waals surface area contributed by atoms with Crippen molar-refractivity contribution < 1.29 is 4.79 Å². The van der Waals surface area contributed by atoms with E-state index >= 15 is 0 Å². The van der Waals surface area contributed by atoms with E-state index in [1.54, 1.807) is 0 Å². The molecule has 0 aromatic heterocycles. The van der Waals surface area contributed by atoms with Crippen molar-refractivity contribution in [3.63, 3.8) is 0 Å². The lowest BCUT2D eigenvalue weighted by atomic mass is 9.78. The van der Waals surface area contributed by atoms with Gasteiger partial charge in [-0.1, -0.05) is 19.3 Å². The zero-order valence-corrected chi connectivity index (χ0v) is 12.4. The first kappa shape index (κ1) is 13.4. The van der Waals surface area contributed by atoms with Crippen molar-refractivity contribution >= 4 is 5.91 Å². The Hall–Kier alpha value is -0.570. The number of nitrogens with zero attached hydrogens (tertiary/aromatic N) is 2. The molecule has 2 aliphatic heterocycles. The van der Waals surface area contributed by atoms with E-state index in [1.165, 1.54) is 51.6 Å². The van der Waals surface area contributed by atoms with Gasteiger partial charge in [-0.2, -0.15) is 0 Å². The summed E-state index contributed by atoms with van der Waals surface area (Å²) in [4.78, 5) is 17.2. The molecule has 3 aliphatic rings. The first-order valence-corrected chi connectivity index (χ1v) is 8.16. The van der Waals surface area contributed by atoms with Crippen LogP contribution in [0.4, 0.5) is 0 Å². The second kappa shape index (κ2) is 5.43. The lowest BCUT2D eigenvalue weighted by molar-refractivity contribution is -0.136. The molecule has 3 nitrogen and oxygen atoms in total. The molecule has 0 radical (unpaired) electrons. The van der Waals surface area contributed by atoms with E-state index in [4.69, 9.17) is 0 Å². The Balaban J connectivity index is 1.57. The topological polar surface area (TPSA) is 23.6 Å². The summed E-state index contributed by atoms with van der Waals surface area (Å²) < 4.78 is 0. The van der Waals surface area contributed by atoms with Crippen LogP contribution in [0.5, 0.6) is 0 Å². The molecule has 1 saturated carbocycles. The van der Waals surface area contributed by atoms with Crippen molar-refractivity contribution in [2.75, 3.05) is 33.2 Å². The summed E-state index contributed by atoms with van der Waals surface area (Å²) in [5.74, 6) is 0.839. The quantitative estimate of drug-likeness (QED) is 0.726. The molecule has 3 heteroatoms. The Bertz CT molecular complexity index is 328. The Morgan fingerprint density at radius 1 is 1.00 bits per heavy atom. The van der Waals surface area contributed by atoms with Crippen molar-refractivity contribution in [2.24, 2.45) is 11.3 Å². The Morgan fingerprint density at radius 3 is 2.32 bits per heavy atom. The maximum Gasteiger partial charge on any atom is 0.225 e. The van der Waals surface area contributed by atoms with E-state index in [0.29, 0.717) is 17.2 Å². The van der Waals surface area contributed by atoms with Gasteiger partial charge in [0, 0.05) is 19.0 Å². The molecule has 19 heavy (non-hydrogen) atoms. The minimum atomic E-state index is 0.357. The van der Waals surface area contributed by atoms with Crippen LogP contribution in [0.1, 0.15) is 51.4 Å². The highest BCUT2D eigenvalue weighted by Gasteiger charge is 2.42. The normalized spacial score (nSPS) is 29.0. The largest absolute Gasteiger partial charge is 0.342 e. The molecule has 2 heterocycles. The van der Waals surface area contributed by atoms with Crippen LogP contribution in [-0.4, -0.2) is 48.9 Å². The zero-order chi connectivity index (χ0) is 13.3. The highest BCUT2D eigenvalue weighted by atomic mass is 16.2. The molecule has 3 fully saturated rings. The summed E-state index contributed by atoms with van der Waals surface area (Å²) in [6.45, 7) is 4.51. The Morgan fingerprint density at radius 2 is 1.63 bits per heavy atom. The summed E-state index contributed by atoms with van der Waals surface area (Å²) in [5.41, 5.74) is 0.469. The van der Waals surface area contributed by atoms with Crippen LogP contribution in [0.25, 0.3) is 0 Å². The van der Waals surface area contributed by atoms with Crippen molar-refractivity contribution in [3.8, 4) is 0 Å². The van der Waals surface area contributed by atoms with Crippen molar-refractivity contribution in [1.82, 2.24) is 9.80 Å². The molecule has 2 saturated heterocycles. The van der Waals surface area contributed by atoms with Gasteiger partial charge in [0.05, 0.1) is 0 Å². The third-order valence-corrected chi connectivity index (χ3v) is 5.75. The molecule has 0 aromatic rings. The fourth-order valence-corrected chi connectivity index (χ4v) is 4.23. The molecular formula is C16H28N2O. The molecule has 1 amide bonds. The molecule has 3 rings (SSSR count). The van der Waals surface area contributed by atoms with Gasteiger partial charge in [-0.3, -0.25) is 4.79 Å². The first-order chi connectivity index (χ1) is 9.19. The van der Waals surface area contributed by atoms with Crippen LogP contribution < -0.4 is 0 Å². The number of carbonyl (C=O) groups is 1. The number of piperidine rings is 1. The maximum absolute atomic E-state index is 12.6. The van der Waals surface area contributed by atoms with Crippen LogP contribution in [0.3, 0.4) is 0 Å². The van der Waals surface area contributed by atoms with Gasteiger partial charge in [-0.25, -0.2) is 0 Å². The molecular weight excluding hydrogens is 236 g/mol. The number of amides is 1. The van der Waals surface area contributed by atoms with Gasteiger partial charge < -0.3 is 9.80 Å². The van der Waals surface area contributed by atoms with Crippen LogP contribution in [-0.2, 0) is 4.79 Å². The monoisotopic (exact) mass is 264 g/mol.